The maximum atomic E-state index is 12.2. The number of pyridine rings is 2. The molecule has 3 aromatic heterocycles. The van der Waals surface area contributed by atoms with Crippen LogP contribution in [-0.2, 0) is 4.79 Å². The highest BCUT2D eigenvalue weighted by Gasteiger charge is 2.42. The number of benzene rings is 1. The standard InChI is InChI=1S/C28H27ClN6OS/c1-17(2)27(36)32-22-11-10-19(15-21(22)29)35-26(25(33-28(35)37)23-8-4-5-14-31-23)24-12-9-18(3)34(24)20-7-6-13-30-16-20/h4-17,25-26H,1-3H3,(H,32,36)(H,33,37)/t25-,26-/m1/s1. The van der Waals surface area contributed by atoms with Crippen molar-refractivity contribution in [3.8, 4) is 5.69 Å². The van der Waals surface area contributed by atoms with Crippen LogP contribution in [0.15, 0.2) is 79.3 Å². The summed E-state index contributed by atoms with van der Waals surface area (Å²) < 4.78 is 2.19. The van der Waals surface area contributed by atoms with Crippen molar-refractivity contribution in [1.29, 1.82) is 0 Å². The SMILES string of the molecule is Cc1ccc([C@@H]2[C@@H](c3ccccn3)NC(=S)N2c2ccc(NC(=O)C(C)C)c(Cl)c2)n1-c1cccnc1. The number of nitrogens with zero attached hydrogens (tertiary/aromatic N) is 4. The maximum Gasteiger partial charge on any atom is 0.226 e. The number of aromatic nitrogens is 3. The van der Waals surface area contributed by atoms with E-state index in [2.05, 4.69) is 49.1 Å². The molecule has 0 unspecified atom stereocenters. The third-order valence-corrected chi connectivity index (χ3v) is 7.05. The fourth-order valence-electron chi connectivity index (χ4n) is 4.59. The van der Waals surface area contributed by atoms with Crippen molar-refractivity contribution >= 4 is 46.2 Å². The van der Waals surface area contributed by atoms with Gasteiger partial charge in [0, 0.05) is 35.4 Å². The van der Waals surface area contributed by atoms with Gasteiger partial charge in [0.25, 0.3) is 0 Å². The lowest BCUT2D eigenvalue weighted by Crippen LogP contribution is -2.30. The van der Waals surface area contributed by atoms with E-state index in [1.54, 1.807) is 12.4 Å². The summed E-state index contributed by atoms with van der Waals surface area (Å²) in [6, 6.07) is 19.2. The smallest absolute Gasteiger partial charge is 0.226 e. The van der Waals surface area contributed by atoms with Crippen LogP contribution in [0.5, 0.6) is 0 Å². The Morgan fingerprint density at radius 1 is 1.08 bits per heavy atom. The Labute approximate surface area is 226 Å². The molecule has 1 saturated heterocycles. The zero-order valence-electron chi connectivity index (χ0n) is 20.7. The van der Waals surface area contributed by atoms with Crippen LogP contribution >= 0.6 is 23.8 Å². The number of nitrogens with one attached hydrogen (secondary N) is 2. The summed E-state index contributed by atoms with van der Waals surface area (Å²) in [5.41, 5.74) is 5.31. The lowest BCUT2D eigenvalue weighted by atomic mass is 10.0. The number of rotatable bonds is 6. The van der Waals surface area contributed by atoms with Crippen LogP contribution < -0.4 is 15.5 Å². The number of hydrogen-bond acceptors (Lipinski definition) is 4. The highest BCUT2D eigenvalue weighted by Crippen LogP contribution is 2.43. The van der Waals surface area contributed by atoms with Crippen molar-refractivity contribution in [2.45, 2.75) is 32.9 Å². The summed E-state index contributed by atoms with van der Waals surface area (Å²) in [6.45, 7) is 5.75. The molecule has 1 aliphatic rings. The Balaban J connectivity index is 1.62. The molecule has 1 amide bonds. The minimum atomic E-state index is -0.233. The largest absolute Gasteiger partial charge is 0.351 e. The third kappa shape index (κ3) is 4.82. The molecular weight excluding hydrogens is 504 g/mol. The molecule has 188 valence electrons. The Kier molecular flexibility index (Phi) is 6.95. The van der Waals surface area contributed by atoms with Gasteiger partial charge in [0.1, 0.15) is 6.04 Å². The lowest BCUT2D eigenvalue weighted by Gasteiger charge is -2.29. The zero-order chi connectivity index (χ0) is 26.1. The molecule has 2 atom stereocenters. The van der Waals surface area contributed by atoms with Gasteiger partial charge < -0.3 is 20.1 Å². The van der Waals surface area contributed by atoms with E-state index in [1.165, 1.54) is 0 Å². The molecule has 2 N–H and O–H groups in total. The number of carbonyl (C=O) groups is 1. The lowest BCUT2D eigenvalue weighted by molar-refractivity contribution is -0.118. The van der Waals surface area contributed by atoms with E-state index in [1.807, 2.05) is 68.6 Å². The van der Waals surface area contributed by atoms with Crippen molar-refractivity contribution in [3.63, 3.8) is 0 Å². The molecule has 0 aliphatic carbocycles. The first-order valence-corrected chi connectivity index (χ1v) is 12.8. The first-order chi connectivity index (χ1) is 17.8. The Bertz CT molecular complexity index is 1440. The molecule has 7 nitrogen and oxygen atoms in total. The summed E-state index contributed by atoms with van der Waals surface area (Å²) in [4.78, 5) is 23.3. The number of aryl methyl sites for hydroxylation is 1. The van der Waals surface area contributed by atoms with E-state index in [-0.39, 0.29) is 23.9 Å². The fraction of sp³-hybridized carbons (Fsp3) is 0.214. The first-order valence-electron chi connectivity index (χ1n) is 12.0. The Hall–Kier alpha value is -3.75. The van der Waals surface area contributed by atoms with Gasteiger partial charge in [-0.3, -0.25) is 14.8 Å². The number of hydrogen-bond donors (Lipinski definition) is 2. The molecule has 4 heterocycles. The molecule has 1 fully saturated rings. The second kappa shape index (κ2) is 10.3. The monoisotopic (exact) mass is 530 g/mol. The summed E-state index contributed by atoms with van der Waals surface area (Å²) in [6.07, 6.45) is 5.40. The molecule has 0 spiro atoms. The van der Waals surface area contributed by atoms with Crippen molar-refractivity contribution in [2.24, 2.45) is 5.92 Å². The van der Waals surface area contributed by atoms with Gasteiger partial charge in [0.05, 0.1) is 34.3 Å². The fourth-order valence-corrected chi connectivity index (χ4v) is 5.16. The second-order valence-corrected chi connectivity index (χ2v) is 10.0. The third-order valence-electron chi connectivity index (χ3n) is 6.42. The van der Waals surface area contributed by atoms with Gasteiger partial charge in [0.2, 0.25) is 5.91 Å². The highest BCUT2D eigenvalue weighted by atomic mass is 35.5. The van der Waals surface area contributed by atoms with Crippen LogP contribution in [0, 0.1) is 12.8 Å². The minimum Gasteiger partial charge on any atom is -0.351 e. The van der Waals surface area contributed by atoms with Gasteiger partial charge in [-0.25, -0.2) is 0 Å². The van der Waals surface area contributed by atoms with Crippen molar-refractivity contribution in [1.82, 2.24) is 19.9 Å². The normalized spacial score (nSPS) is 17.2. The summed E-state index contributed by atoms with van der Waals surface area (Å²) in [7, 11) is 0. The molecule has 4 aromatic rings. The van der Waals surface area contributed by atoms with Gasteiger partial charge in [-0.15, -0.1) is 0 Å². The van der Waals surface area contributed by atoms with Gasteiger partial charge in [-0.05, 0) is 73.7 Å². The van der Waals surface area contributed by atoms with Crippen molar-refractivity contribution < 1.29 is 4.79 Å². The average Bonchev–Trinajstić information content (AvgIpc) is 3.45. The van der Waals surface area contributed by atoms with E-state index in [9.17, 15) is 4.79 Å². The highest BCUT2D eigenvalue weighted by molar-refractivity contribution is 7.80. The van der Waals surface area contributed by atoms with Gasteiger partial charge >= 0.3 is 0 Å². The number of thiocarbonyl (C=S) groups is 1. The molecule has 0 radical (unpaired) electrons. The van der Waals surface area contributed by atoms with Crippen LogP contribution in [0.25, 0.3) is 5.69 Å². The molecule has 0 saturated carbocycles. The topological polar surface area (TPSA) is 75.1 Å². The summed E-state index contributed by atoms with van der Waals surface area (Å²) in [5, 5.41) is 7.38. The molecule has 5 rings (SSSR count). The van der Waals surface area contributed by atoms with Crippen LogP contribution in [0.4, 0.5) is 11.4 Å². The quantitative estimate of drug-likeness (QED) is 0.298. The maximum absolute atomic E-state index is 12.2. The van der Waals surface area contributed by atoms with Gasteiger partial charge in [-0.1, -0.05) is 31.5 Å². The van der Waals surface area contributed by atoms with E-state index in [0.29, 0.717) is 15.8 Å². The summed E-state index contributed by atoms with van der Waals surface area (Å²) in [5.74, 6) is -0.246. The van der Waals surface area contributed by atoms with Crippen LogP contribution in [0.1, 0.15) is 43.0 Å². The molecule has 1 aliphatic heterocycles. The molecule has 0 bridgehead atoms. The predicted molar refractivity (Wildman–Crippen MR) is 151 cm³/mol. The van der Waals surface area contributed by atoms with E-state index in [4.69, 9.17) is 23.8 Å². The Morgan fingerprint density at radius 3 is 2.59 bits per heavy atom. The van der Waals surface area contributed by atoms with Gasteiger partial charge in [-0.2, -0.15) is 0 Å². The summed E-state index contributed by atoms with van der Waals surface area (Å²) >= 11 is 12.5. The van der Waals surface area contributed by atoms with E-state index < -0.39 is 0 Å². The van der Waals surface area contributed by atoms with Crippen LogP contribution in [-0.4, -0.2) is 25.6 Å². The molecular formula is C28H27ClN6OS. The van der Waals surface area contributed by atoms with Crippen LogP contribution in [0.3, 0.4) is 0 Å². The van der Waals surface area contributed by atoms with Crippen LogP contribution in [0.2, 0.25) is 5.02 Å². The van der Waals surface area contributed by atoms with Crippen molar-refractivity contribution in [3.05, 3.63) is 101 Å². The Morgan fingerprint density at radius 2 is 1.92 bits per heavy atom. The number of anilines is 2. The molecule has 37 heavy (non-hydrogen) atoms. The minimum absolute atomic E-state index is 0.0918. The van der Waals surface area contributed by atoms with E-state index >= 15 is 0 Å². The number of carbonyl (C=O) groups excluding carboxylic acids is 1. The molecule has 9 heteroatoms. The first kappa shape index (κ1) is 24.9. The van der Waals surface area contributed by atoms with E-state index in [0.717, 1.165) is 28.5 Å². The molecule has 1 aromatic carbocycles. The number of halogens is 1. The van der Waals surface area contributed by atoms with Gasteiger partial charge in [0.15, 0.2) is 5.11 Å². The second-order valence-electron chi connectivity index (χ2n) is 9.25. The number of amides is 1. The zero-order valence-corrected chi connectivity index (χ0v) is 22.3. The van der Waals surface area contributed by atoms with Crippen molar-refractivity contribution in [2.75, 3.05) is 10.2 Å². The average molecular weight is 531 g/mol. The predicted octanol–water partition coefficient (Wildman–Crippen LogP) is 6.00.